The van der Waals surface area contributed by atoms with Crippen molar-refractivity contribution in [1.29, 1.82) is 0 Å². The van der Waals surface area contributed by atoms with Gasteiger partial charge in [0.25, 0.3) is 5.91 Å². The van der Waals surface area contributed by atoms with Crippen molar-refractivity contribution >= 4 is 5.91 Å². The van der Waals surface area contributed by atoms with E-state index in [4.69, 9.17) is 4.42 Å². The van der Waals surface area contributed by atoms with E-state index in [0.717, 1.165) is 19.3 Å². The molecule has 1 aromatic carbocycles. The van der Waals surface area contributed by atoms with Crippen LogP contribution in [0.4, 0.5) is 0 Å². The van der Waals surface area contributed by atoms with Gasteiger partial charge in [-0.15, -0.1) is 0 Å². The first-order valence-corrected chi connectivity index (χ1v) is 6.85. The number of furan rings is 1. The quantitative estimate of drug-likeness (QED) is 0.896. The number of rotatable bonds is 4. The Morgan fingerprint density at radius 3 is 2.90 bits per heavy atom. The number of amides is 1. The normalized spacial score (nSPS) is 14.8. The second kappa shape index (κ2) is 5.51. The van der Waals surface area contributed by atoms with Crippen LogP contribution in [0.5, 0.6) is 0 Å². The zero-order valence-corrected chi connectivity index (χ0v) is 11.1. The van der Waals surface area contributed by atoms with Gasteiger partial charge < -0.3 is 14.8 Å². The molecule has 0 saturated carbocycles. The lowest BCUT2D eigenvalue weighted by atomic mass is 10.1. The van der Waals surface area contributed by atoms with E-state index in [1.54, 1.807) is 12.1 Å². The van der Waals surface area contributed by atoms with E-state index < -0.39 is 6.04 Å². The van der Waals surface area contributed by atoms with E-state index >= 15 is 0 Å². The molecule has 1 amide bonds. The van der Waals surface area contributed by atoms with E-state index in [-0.39, 0.29) is 12.5 Å². The summed E-state index contributed by atoms with van der Waals surface area (Å²) in [5.74, 6) is 0.372. The summed E-state index contributed by atoms with van der Waals surface area (Å²) in [6, 6.07) is 8.79. The van der Waals surface area contributed by atoms with Gasteiger partial charge in [-0.2, -0.15) is 0 Å². The van der Waals surface area contributed by atoms with Crippen molar-refractivity contribution < 1.29 is 14.3 Å². The molecule has 0 aliphatic heterocycles. The number of benzene rings is 1. The van der Waals surface area contributed by atoms with Crippen LogP contribution in [0.3, 0.4) is 0 Å². The van der Waals surface area contributed by atoms with Crippen LogP contribution in [0.1, 0.15) is 39.7 Å². The molecule has 1 aromatic heterocycles. The fraction of sp³-hybridized carbons (Fsp3) is 0.312. The number of nitrogens with one attached hydrogen (secondary N) is 1. The molecule has 3 rings (SSSR count). The molecule has 2 aromatic rings. The number of carbonyl (C=O) groups excluding carboxylic acids is 1. The predicted octanol–water partition coefficient (Wildman–Crippen LogP) is 2.23. The van der Waals surface area contributed by atoms with Gasteiger partial charge in [0.2, 0.25) is 0 Å². The Morgan fingerprint density at radius 2 is 2.15 bits per heavy atom. The van der Waals surface area contributed by atoms with Gasteiger partial charge in [-0.3, -0.25) is 4.79 Å². The monoisotopic (exact) mass is 271 g/mol. The number of hydrogen-bond acceptors (Lipinski definition) is 3. The SMILES string of the molecule is O=C(NC(CO)c1ccco1)c1ccc2c(c1)CCC2. The molecule has 20 heavy (non-hydrogen) atoms. The Balaban J connectivity index is 1.75. The van der Waals surface area contributed by atoms with Gasteiger partial charge in [0.05, 0.1) is 12.9 Å². The molecule has 2 N–H and O–H groups in total. The zero-order chi connectivity index (χ0) is 13.9. The van der Waals surface area contributed by atoms with Crippen LogP contribution >= 0.6 is 0 Å². The van der Waals surface area contributed by atoms with Gasteiger partial charge in [-0.1, -0.05) is 6.07 Å². The Labute approximate surface area is 117 Å². The highest BCUT2D eigenvalue weighted by Gasteiger charge is 2.19. The van der Waals surface area contributed by atoms with Crippen molar-refractivity contribution in [3.63, 3.8) is 0 Å². The second-order valence-electron chi connectivity index (χ2n) is 5.06. The predicted molar refractivity (Wildman–Crippen MR) is 74.5 cm³/mol. The summed E-state index contributed by atoms with van der Waals surface area (Å²) in [6.45, 7) is -0.190. The second-order valence-corrected chi connectivity index (χ2v) is 5.06. The van der Waals surface area contributed by atoms with Crippen LogP contribution in [0, 0.1) is 0 Å². The zero-order valence-electron chi connectivity index (χ0n) is 11.1. The largest absolute Gasteiger partial charge is 0.467 e. The molecule has 0 bridgehead atoms. The maximum Gasteiger partial charge on any atom is 0.251 e. The molecule has 0 fully saturated rings. The molecular formula is C16H17NO3. The van der Waals surface area contributed by atoms with Crippen molar-refractivity contribution in [3.8, 4) is 0 Å². The van der Waals surface area contributed by atoms with Gasteiger partial charge in [-0.25, -0.2) is 0 Å². The molecule has 1 atom stereocenters. The van der Waals surface area contributed by atoms with Crippen molar-refractivity contribution in [3.05, 3.63) is 59.0 Å². The summed E-state index contributed by atoms with van der Waals surface area (Å²) >= 11 is 0. The first-order valence-electron chi connectivity index (χ1n) is 6.85. The van der Waals surface area contributed by atoms with E-state index in [1.807, 2.05) is 18.2 Å². The van der Waals surface area contributed by atoms with Crippen LogP contribution in [0.2, 0.25) is 0 Å². The minimum absolute atomic E-state index is 0.185. The lowest BCUT2D eigenvalue weighted by Crippen LogP contribution is -2.30. The van der Waals surface area contributed by atoms with Crippen molar-refractivity contribution in [1.82, 2.24) is 5.32 Å². The number of aliphatic hydroxyl groups is 1. The maximum absolute atomic E-state index is 12.2. The summed E-state index contributed by atoms with van der Waals surface area (Å²) < 4.78 is 5.22. The van der Waals surface area contributed by atoms with Crippen molar-refractivity contribution in [2.75, 3.05) is 6.61 Å². The van der Waals surface area contributed by atoms with E-state index in [0.29, 0.717) is 11.3 Å². The highest BCUT2D eigenvalue weighted by Crippen LogP contribution is 2.23. The fourth-order valence-corrected chi connectivity index (χ4v) is 2.65. The minimum Gasteiger partial charge on any atom is -0.467 e. The Bertz CT molecular complexity index is 604. The first-order chi connectivity index (χ1) is 9.78. The first kappa shape index (κ1) is 12.9. The van der Waals surface area contributed by atoms with Crippen LogP contribution in [-0.2, 0) is 12.8 Å². The lowest BCUT2D eigenvalue weighted by Gasteiger charge is -2.14. The van der Waals surface area contributed by atoms with Crippen LogP contribution in [0.15, 0.2) is 41.0 Å². The van der Waals surface area contributed by atoms with Gasteiger partial charge in [0.15, 0.2) is 0 Å². The molecule has 0 radical (unpaired) electrons. The van der Waals surface area contributed by atoms with E-state index in [2.05, 4.69) is 5.32 Å². The molecule has 4 nitrogen and oxygen atoms in total. The number of fused-ring (bicyclic) bond motifs is 1. The third kappa shape index (κ3) is 2.47. The Morgan fingerprint density at radius 1 is 1.30 bits per heavy atom. The lowest BCUT2D eigenvalue weighted by molar-refractivity contribution is 0.0907. The van der Waals surface area contributed by atoms with Gasteiger partial charge in [0.1, 0.15) is 11.8 Å². The smallest absolute Gasteiger partial charge is 0.251 e. The standard InChI is InChI=1S/C16H17NO3/c18-10-14(15-5-2-8-20-15)17-16(19)13-7-6-11-3-1-4-12(11)9-13/h2,5-9,14,18H,1,3-4,10H2,(H,17,19). The van der Waals surface area contributed by atoms with Crippen molar-refractivity contribution in [2.45, 2.75) is 25.3 Å². The summed E-state index contributed by atoms with van der Waals surface area (Å²) in [5, 5.41) is 12.2. The van der Waals surface area contributed by atoms with Crippen LogP contribution < -0.4 is 5.32 Å². The Hall–Kier alpha value is -2.07. The number of hydrogen-bond donors (Lipinski definition) is 2. The van der Waals surface area contributed by atoms with Crippen LogP contribution in [-0.4, -0.2) is 17.6 Å². The molecular weight excluding hydrogens is 254 g/mol. The minimum atomic E-state index is -0.509. The molecule has 0 saturated heterocycles. The average Bonchev–Trinajstić information content (AvgIpc) is 3.14. The molecule has 1 aliphatic carbocycles. The van der Waals surface area contributed by atoms with E-state index in [9.17, 15) is 9.90 Å². The number of aryl methyl sites for hydroxylation is 2. The van der Waals surface area contributed by atoms with Crippen LogP contribution in [0.25, 0.3) is 0 Å². The molecule has 1 heterocycles. The van der Waals surface area contributed by atoms with Gasteiger partial charge >= 0.3 is 0 Å². The highest BCUT2D eigenvalue weighted by molar-refractivity contribution is 5.94. The molecule has 0 spiro atoms. The molecule has 104 valence electrons. The maximum atomic E-state index is 12.2. The van der Waals surface area contributed by atoms with Gasteiger partial charge in [0, 0.05) is 5.56 Å². The van der Waals surface area contributed by atoms with Crippen molar-refractivity contribution in [2.24, 2.45) is 0 Å². The Kier molecular flexibility index (Phi) is 3.56. The molecule has 1 aliphatic rings. The molecule has 4 heteroatoms. The molecule has 1 unspecified atom stereocenters. The number of aliphatic hydroxyl groups excluding tert-OH is 1. The average molecular weight is 271 g/mol. The fourth-order valence-electron chi connectivity index (χ4n) is 2.65. The number of carbonyl (C=O) groups is 1. The third-order valence-electron chi connectivity index (χ3n) is 3.74. The topological polar surface area (TPSA) is 62.5 Å². The van der Waals surface area contributed by atoms with E-state index in [1.165, 1.54) is 17.4 Å². The van der Waals surface area contributed by atoms with Gasteiger partial charge in [-0.05, 0) is 54.7 Å². The summed E-state index contributed by atoms with van der Waals surface area (Å²) in [5.41, 5.74) is 3.23. The summed E-state index contributed by atoms with van der Waals surface area (Å²) in [7, 11) is 0. The summed E-state index contributed by atoms with van der Waals surface area (Å²) in [4.78, 5) is 12.2. The highest BCUT2D eigenvalue weighted by atomic mass is 16.3. The summed E-state index contributed by atoms with van der Waals surface area (Å²) in [6.07, 6.45) is 4.83. The third-order valence-corrected chi connectivity index (χ3v) is 3.74.